The van der Waals surface area contributed by atoms with Crippen LogP contribution in [-0.4, -0.2) is 11.5 Å². The van der Waals surface area contributed by atoms with Gasteiger partial charge in [0, 0.05) is 12.6 Å². The molecule has 1 heterocycles. The molecule has 0 saturated carbocycles. The molecule has 3 rings (SSSR count). The minimum atomic E-state index is 0.603. The van der Waals surface area contributed by atoms with Gasteiger partial charge in [-0.2, -0.15) is 4.98 Å². The second kappa shape index (κ2) is 6.27. The van der Waals surface area contributed by atoms with Gasteiger partial charge in [0.2, 0.25) is 5.88 Å². The highest BCUT2D eigenvalue weighted by Crippen LogP contribution is 2.25. The molecule has 0 unspecified atom stereocenters. The van der Waals surface area contributed by atoms with Crippen molar-refractivity contribution < 1.29 is 4.74 Å². The highest BCUT2D eigenvalue weighted by molar-refractivity contribution is 5.83. The van der Waals surface area contributed by atoms with Gasteiger partial charge in [-0.25, -0.2) is 0 Å². The quantitative estimate of drug-likeness (QED) is 0.724. The Morgan fingerprint density at radius 1 is 0.952 bits per heavy atom. The molecule has 0 aliphatic heterocycles. The van der Waals surface area contributed by atoms with E-state index in [4.69, 9.17) is 4.74 Å². The number of hydrogen-bond donors (Lipinski definition) is 1. The smallest absolute Gasteiger partial charge is 0.221 e. The molecular weight excluding hydrogens is 260 g/mol. The molecule has 0 saturated heterocycles. The van der Waals surface area contributed by atoms with E-state index in [1.54, 1.807) is 0 Å². The fraction of sp³-hybridized carbons (Fsp3) is 0.167. The summed E-state index contributed by atoms with van der Waals surface area (Å²) in [6.45, 7) is 3.04. The van der Waals surface area contributed by atoms with Crippen LogP contribution in [0.3, 0.4) is 0 Å². The van der Waals surface area contributed by atoms with Crippen molar-refractivity contribution in [3.8, 4) is 11.6 Å². The van der Waals surface area contributed by atoms with Gasteiger partial charge in [0.25, 0.3) is 0 Å². The number of hydrogen-bond acceptors (Lipinski definition) is 3. The number of aromatic nitrogens is 1. The first-order valence-electron chi connectivity index (χ1n) is 7.23. The van der Waals surface area contributed by atoms with Gasteiger partial charge in [-0.05, 0) is 35.4 Å². The molecule has 0 fully saturated rings. The first kappa shape index (κ1) is 13.4. The zero-order valence-electron chi connectivity index (χ0n) is 12.0. The number of pyridine rings is 1. The minimum absolute atomic E-state index is 0.603. The molecule has 0 aliphatic rings. The molecule has 21 heavy (non-hydrogen) atoms. The Hall–Kier alpha value is -2.55. The largest absolute Gasteiger partial charge is 0.439 e. The second-order valence-electron chi connectivity index (χ2n) is 4.90. The van der Waals surface area contributed by atoms with Crippen LogP contribution in [0, 0.1) is 0 Å². The SMILES string of the molecule is CCCNc1cccc(Oc2ccc3ccccc3c2)n1. The van der Waals surface area contributed by atoms with Crippen LogP contribution >= 0.6 is 0 Å². The van der Waals surface area contributed by atoms with Crippen LogP contribution < -0.4 is 10.1 Å². The summed E-state index contributed by atoms with van der Waals surface area (Å²) in [7, 11) is 0. The van der Waals surface area contributed by atoms with E-state index < -0.39 is 0 Å². The van der Waals surface area contributed by atoms with Gasteiger partial charge in [-0.15, -0.1) is 0 Å². The highest BCUT2D eigenvalue weighted by Gasteiger charge is 2.01. The van der Waals surface area contributed by atoms with Crippen molar-refractivity contribution in [2.24, 2.45) is 0 Å². The van der Waals surface area contributed by atoms with Crippen molar-refractivity contribution >= 4 is 16.6 Å². The molecule has 106 valence electrons. The number of nitrogens with one attached hydrogen (secondary N) is 1. The number of fused-ring (bicyclic) bond motifs is 1. The number of benzene rings is 2. The maximum absolute atomic E-state index is 5.86. The van der Waals surface area contributed by atoms with Gasteiger partial charge in [-0.3, -0.25) is 0 Å². The Balaban J connectivity index is 1.81. The Kier molecular flexibility index (Phi) is 4.01. The molecule has 0 aliphatic carbocycles. The normalized spacial score (nSPS) is 10.5. The molecule has 3 heteroatoms. The molecule has 1 aromatic heterocycles. The summed E-state index contributed by atoms with van der Waals surface area (Å²) in [6, 6.07) is 20.0. The van der Waals surface area contributed by atoms with E-state index in [-0.39, 0.29) is 0 Å². The van der Waals surface area contributed by atoms with Gasteiger partial charge < -0.3 is 10.1 Å². The Labute approximate surface area is 124 Å². The Morgan fingerprint density at radius 2 is 1.81 bits per heavy atom. The lowest BCUT2D eigenvalue weighted by Crippen LogP contribution is -2.02. The van der Waals surface area contributed by atoms with Gasteiger partial charge in [0.15, 0.2) is 0 Å². The van der Waals surface area contributed by atoms with E-state index in [0.29, 0.717) is 5.88 Å². The lowest BCUT2D eigenvalue weighted by atomic mass is 10.1. The van der Waals surface area contributed by atoms with Crippen molar-refractivity contribution in [1.29, 1.82) is 0 Å². The summed E-state index contributed by atoms with van der Waals surface area (Å²) < 4.78 is 5.86. The van der Waals surface area contributed by atoms with Crippen LogP contribution in [0.5, 0.6) is 11.6 Å². The summed E-state index contributed by atoms with van der Waals surface area (Å²) in [5.74, 6) is 2.25. The topological polar surface area (TPSA) is 34.1 Å². The third-order valence-corrected chi connectivity index (χ3v) is 3.22. The molecule has 2 aromatic carbocycles. The van der Waals surface area contributed by atoms with E-state index >= 15 is 0 Å². The third-order valence-electron chi connectivity index (χ3n) is 3.22. The average Bonchev–Trinajstić information content (AvgIpc) is 2.53. The number of anilines is 1. The van der Waals surface area contributed by atoms with Crippen molar-refractivity contribution in [1.82, 2.24) is 4.98 Å². The van der Waals surface area contributed by atoms with Gasteiger partial charge in [-0.1, -0.05) is 43.3 Å². The van der Waals surface area contributed by atoms with Crippen LogP contribution in [0.4, 0.5) is 5.82 Å². The predicted octanol–water partition coefficient (Wildman–Crippen LogP) is 4.85. The molecule has 0 bridgehead atoms. The van der Waals surface area contributed by atoms with Crippen LogP contribution in [0.15, 0.2) is 60.7 Å². The average molecular weight is 278 g/mol. The standard InChI is InChI=1S/C18H18N2O/c1-2-12-19-17-8-5-9-18(20-17)21-16-11-10-14-6-3-4-7-15(14)13-16/h3-11,13H,2,12H2,1H3,(H,19,20). The molecule has 0 radical (unpaired) electrons. The van der Waals surface area contributed by atoms with E-state index in [1.165, 1.54) is 5.39 Å². The summed E-state index contributed by atoms with van der Waals surface area (Å²) in [4.78, 5) is 4.45. The zero-order chi connectivity index (χ0) is 14.5. The van der Waals surface area contributed by atoms with Crippen LogP contribution in [0.25, 0.3) is 10.8 Å². The van der Waals surface area contributed by atoms with Crippen molar-refractivity contribution in [2.75, 3.05) is 11.9 Å². The van der Waals surface area contributed by atoms with E-state index in [1.807, 2.05) is 42.5 Å². The molecular formula is C18H18N2O. The summed E-state index contributed by atoms with van der Waals surface area (Å²) in [5, 5.41) is 5.63. The monoisotopic (exact) mass is 278 g/mol. The lowest BCUT2D eigenvalue weighted by molar-refractivity contribution is 0.464. The number of rotatable bonds is 5. The van der Waals surface area contributed by atoms with E-state index in [9.17, 15) is 0 Å². The summed E-state index contributed by atoms with van der Waals surface area (Å²) in [5.41, 5.74) is 0. The first-order chi connectivity index (χ1) is 10.3. The molecule has 3 nitrogen and oxygen atoms in total. The third kappa shape index (κ3) is 3.31. The first-order valence-corrected chi connectivity index (χ1v) is 7.23. The minimum Gasteiger partial charge on any atom is -0.439 e. The number of nitrogens with zero attached hydrogens (tertiary/aromatic N) is 1. The fourth-order valence-corrected chi connectivity index (χ4v) is 2.17. The molecule has 0 spiro atoms. The predicted molar refractivity (Wildman–Crippen MR) is 87.0 cm³/mol. The van der Waals surface area contributed by atoms with Gasteiger partial charge in [0.1, 0.15) is 11.6 Å². The highest BCUT2D eigenvalue weighted by atomic mass is 16.5. The lowest BCUT2D eigenvalue weighted by Gasteiger charge is -2.08. The van der Waals surface area contributed by atoms with Crippen molar-refractivity contribution in [3.05, 3.63) is 60.7 Å². The van der Waals surface area contributed by atoms with Crippen molar-refractivity contribution in [3.63, 3.8) is 0 Å². The second-order valence-corrected chi connectivity index (χ2v) is 4.90. The van der Waals surface area contributed by atoms with Crippen LogP contribution in [0.1, 0.15) is 13.3 Å². The van der Waals surface area contributed by atoms with E-state index in [2.05, 4.69) is 35.4 Å². The molecule has 1 N–H and O–H groups in total. The zero-order valence-corrected chi connectivity index (χ0v) is 12.0. The number of ether oxygens (including phenoxy) is 1. The maximum Gasteiger partial charge on any atom is 0.221 e. The van der Waals surface area contributed by atoms with Crippen LogP contribution in [0.2, 0.25) is 0 Å². The molecule has 3 aromatic rings. The summed E-state index contributed by atoms with van der Waals surface area (Å²) in [6.07, 6.45) is 1.07. The Morgan fingerprint density at radius 3 is 2.67 bits per heavy atom. The fourth-order valence-electron chi connectivity index (χ4n) is 2.17. The molecule has 0 amide bonds. The Bertz CT molecular complexity index is 740. The summed E-state index contributed by atoms with van der Waals surface area (Å²) >= 11 is 0. The van der Waals surface area contributed by atoms with E-state index in [0.717, 1.165) is 29.9 Å². The molecule has 0 atom stereocenters. The van der Waals surface area contributed by atoms with Gasteiger partial charge in [0.05, 0.1) is 0 Å². The maximum atomic E-state index is 5.86. The van der Waals surface area contributed by atoms with Gasteiger partial charge >= 0.3 is 0 Å². The van der Waals surface area contributed by atoms with Crippen LogP contribution in [-0.2, 0) is 0 Å². The van der Waals surface area contributed by atoms with Crippen molar-refractivity contribution in [2.45, 2.75) is 13.3 Å².